The Morgan fingerprint density at radius 2 is 1.94 bits per heavy atom. The van der Waals surface area contributed by atoms with Gasteiger partial charge in [0.05, 0.1) is 14.2 Å². The Morgan fingerprint density at radius 1 is 1.41 bits per heavy atom. The SMILES string of the molecule is C=CC1CC(C(=O)OC)(C(=O)OC)C/C1=C\I. The minimum atomic E-state index is -1.21. The predicted octanol–water partition coefficient (Wildman–Crippen LogP) is 2.23. The Bertz CT molecular complexity index is 357. The maximum Gasteiger partial charge on any atom is 0.323 e. The quantitative estimate of drug-likeness (QED) is 0.339. The number of ether oxygens (including phenoxy) is 2. The van der Waals surface area contributed by atoms with Gasteiger partial charge in [0.15, 0.2) is 5.41 Å². The highest BCUT2D eigenvalue weighted by Crippen LogP contribution is 2.47. The van der Waals surface area contributed by atoms with Crippen molar-refractivity contribution in [2.24, 2.45) is 11.3 Å². The third-order valence-electron chi connectivity index (χ3n) is 3.13. The Kier molecular flexibility index (Phi) is 4.73. The van der Waals surface area contributed by atoms with E-state index >= 15 is 0 Å². The van der Waals surface area contributed by atoms with E-state index in [1.165, 1.54) is 14.2 Å². The number of carbonyl (C=O) groups is 2. The predicted molar refractivity (Wildman–Crippen MR) is 71.5 cm³/mol. The zero-order chi connectivity index (χ0) is 13.1. The number of hydrogen-bond acceptors (Lipinski definition) is 4. The number of allylic oxidation sites excluding steroid dienone is 2. The molecule has 1 unspecified atom stereocenters. The summed E-state index contributed by atoms with van der Waals surface area (Å²) in [4.78, 5) is 23.7. The van der Waals surface area contributed by atoms with Crippen molar-refractivity contribution in [2.45, 2.75) is 12.8 Å². The molecule has 0 heterocycles. The minimum absolute atomic E-state index is 0.0186. The second-order valence-electron chi connectivity index (χ2n) is 3.97. The zero-order valence-corrected chi connectivity index (χ0v) is 12.0. The molecule has 0 aromatic heterocycles. The molecule has 0 aliphatic heterocycles. The van der Waals surface area contributed by atoms with Crippen molar-refractivity contribution >= 4 is 34.5 Å². The molecule has 0 radical (unpaired) electrons. The fourth-order valence-corrected chi connectivity index (χ4v) is 2.88. The molecule has 0 bridgehead atoms. The molecule has 0 saturated heterocycles. The zero-order valence-electron chi connectivity index (χ0n) is 9.86. The van der Waals surface area contributed by atoms with Crippen LogP contribution in [-0.4, -0.2) is 26.2 Å². The molecule has 0 N–H and O–H groups in total. The van der Waals surface area contributed by atoms with Gasteiger partial charge in [0.25, 0.3) is 0 Å². The lowest BCUT2D eigenvalue weighted by molar-refractivity contribution is -0.168. The summed E-state index contributed by atoms with van der Waals surface area (Å²) in [5, 5.41) is 0. The Labute approximate surface area is 114 Å². The van der Waals surface area contributed by atoms with Gasteiger partial charge in [-0.05, 0) is 22.8 Å². The van der Waals surface area contributed by atoms with Crippen LogP contribution in [0, 0.1) is 11.3 Å². The number of rotatable bonds is 3. The van der Waals surface area contributed by atoms with E-state index in [1.54, 1.807) is 6.08 Å². The van der Waals surface area contributed by atoms with Crippen LogP contribution < -0.4 is 0 Å². The van der Waals surface area contributed by atoms with Crippen molar-refractivity contribution in [1.82, 2.24) is 0 Å². The van der Waals surface area contributed by atoms with Crippen molar-refractivity contribution in [3.8, 4) is 0 Å². The molecule has 1 aliphatic carbocycles. The van der Waals surface area contributed by atoms with Crippen LogP contribution in [0.15, 0.2) is 22.3 Å². The van der Waals surface area contributed by atoms with Crippen LogP contribution in [0.4, 0.5) is 0 Å². The summed E-state index contributed by atoms with van der Waals surface area (Å²) >= 11 is 2.10. The van der Waals surface area contributed by atoms with Crippen molar-refractivity contribution in [3.63, 3.8) is 0 Å². The largest absolute Gasteiger partial charge is 0.468 e. The first-order valence-corrected chi connectivity index (χ1v) is 6.38. The molecule has 94 valence electrons. The number of carbonyl (C=O) groups excluding carboxylic acids is 2. The van der Waals surface area contributed by atoms with Crippen LogP contribution in [0.25, 0.3) is 0 Å². The number of esters is 2. The van der Waals surface area contributed by atoms with E-state index in [0.717, 1.165) is 5.57 Å². The molecule has 1 rings (SSSR count). The molecule has 0 spiro atoms. The summed E-state index contributed by atoms with van der Waals surface area (Å²) in [5.74, 6) is -1.06. The highest BCUT2D eigenvalue weighted by atomic mass is 127. The van der Waals surface area contributed by atoms with Gasteiger partial charge in [-0.25, -0.2) is 0 Å². The number of methoxy groups -OCH3 is 2. The standard InChI is InChI=1S/C12H15IO4/c1-4-8-5-12(10(14)16-2,11(15)17-3)6-9(8)7-13/h4,7-8H,1,5-6H2,2-3H3/b9-7+. The third-order valence-corrected chi connectivity index (χ3v) is 3.93. The molecule has 4 nitrogen and oxygen atoms in total. The fraction of sp³-hybridized carbons (Fsp3) is 0.500. The first-order valence-electron chi connectivity index (χ1n) is 5.14. The lowest BCUT2D eigenvalue weighted by atomic mass is 9.85. The molecule has 1 saturated carbocycles. The molecular formula is C12H15IO4. The van der Waals surface area contributed by atoms with Crippen molar-refractivity contribution in [2.75, 3.05) is 14.2 Å². The first kappa shape index (κ1) is 14.2. The fourth-order valence-electron chi connectivity index (χ4n) is 2.20. The van der Waals surface area contributed by atoms with E-state index < -0.39 is 17.4 Å². The van der Waals surface area contributed by atoms with Crippen LogP contribution >= 0.6 is 22.6 Å². The van der Waals surface area contributed by atoms with Gasteiger partial charge in [-0.2, -0.15) is 0 Å². The number of halogens is 1. The summed E-state index contributed by atoms with van der Waals surface area (Å²) in [6.45, 7) is 3.73. The van der Waals surface area contributed by atoms with Crippen LogP contribution in [0.2, 0.25) is 0 Å². The summed E-state index contributed by atoms with van der Waals surface area (Å²) in [6.07, 6.45) is 2.45. The average molecular weight is 350 g/mol. The van der Waals surface area contributed by atoms with Gasteiger partial charge in [-0.1, -0.05) is 34.2 Å². The molecule has 1 fully saturated rings. The minimum Gasteiger partial charge on any atom is -0.468 e. The van der Waals surface area contributed by atoms with Crippen LogP contribution in [-0.2, 0) is 19.1 Å². The van der Waals surface area contributed by atoms with Gasteiger partial charge in [-0.3, -0.25) is 9.59 Å². The summed E-state index contributed by atoms with van der Waals surface area (Å²) in [6, 6.07) is 0. The topological polar surface area (TPSA) is 52.6 Å². The van der Waals surface area contributed by atoms with E-state index in [4.69, 9.17) is 9.47 Å². The second kappa shape index (κ2) is 5.66. The molecule has 0 aromatic carbocycles. The van der Waals surface area contributed by atoms with E-state index in [9.17, 15) is 9.59 Å². The molecular weight excluding hydrogens is 335 g/mol. The van der Waals surface area contributed by atoms with Gasteiger partial charge >= 0.3 is 11.9 Å². The molecule has 17 heavy (non-hydrogen) atoms. The average Bonchev–Trinajstić information content (AvgIpc) is 2.76. The monoisotopic (exact) mass is 350 g/mol. The summed E-state index contributed by atoms with van der Waals surface area (Å²) < 4.78 is 11.4. The Morgan fingerprint density at radius 3 is 2.24 bits per heavy atom. The second-order valence-corrected chi connectivity index (χ2v) is 4.60. The molecule has 5 heteroatoms. The Balaban J connectivity index is 3.16. The van der Waals surface area contributed by atoms with Crippen LogP contribution in [0.1, 0.15) is 12.8 Å². The summed E-state index contributed by atoms with van der Waals surface area (Å²) in [5.41, 5.74) is -0.198. The highest BCUT2D eigenvalue weighted by Gasteiger charge is 2.54. The van der Waals surface area contributed by atoms with Crippen molar-refractivity contribution in [3.05, 3.63) is 22.3 Å². The molecule has 0 aromatic rings. The van der Waals surface area contributed by atoms with Crippen molar-refractivity contribution in [1.29, 1.82) is 0 Å². The maximum atomic E-state index is 11.9. The first-order chi connectivity index (χ1) is 8.05. The highest BCUT2D eigenvalue weighted by molar-refractivity contribution is 14.1. The summed E-state index contributed by atoms with van der Waals surface area (Å²) in [7, 11) is 2.56. The van der Waals surface area contributed by atoms with E-state index in [0.29, 0.717) is 12.8 Å². The van der Waals surface area contributed by atoms with Crippen LogP contribution in [0.5, 0.6) is 0 Å². The van der Waals surface area contributed by atoms with Gasteiger partial charge in [-0.15, -0.1) is 6.58 Å². The smallest absolute Gasteiger partial charge is 0.323 e. The number of hydrogen-bond donors (Lipinski definition) is 0. The lowest BCUT2D eigenvalue weighted by Gasteiger charge is -2.22. The van der Waals surface area contributed by atoms with Gasteiger partial charge in [0.2, 0.25) is 0 Å². The van der Waals surface area contributed by atoms with Crippen molar-refractivity contribution < 1.29 is 19.1 Å². The normalized spacial score (nSPS) is 24.4. The third kappa shape index (κ3) is 2.38. The van der Waals surface area contributed by atoms with Crippen LogP contribution in [0.3, 0.4) is 0 Å². The molecule has 1 atom stereocenters. The van der Waals surface area contributed by atoms with E-state index in [1.807, 2.05) is 4.08 Å². The maximum absolute atomic E-state index is 11.9. The molecule has 1 aliphatic rings. The van der Waals surface area contributed by atoms with Gasteiger partial charge < -0.3 is 9.47 Å². The van der Waals surface area contributed by atoms with E-state index in [2.05, 4.69) is 29.2 Å². The Hall–Kier alpha value is -0.850. The van der Waals surface area contributed by atoms with Gasteiger partial charge in [0, 0.05) is 0 Å². The lowest BCUT2D eigenvalue weighted by Crippen LogP contribution is -2.39. The van der Waals surface area contributed by atoms with E-state index in [-0.39, 0.29) is 5.92 Å². The molecule has 0 amide bonds. The van der Waals surface area contributed by atoms with Gasteiger partial charge in [0.1, 0.15) is 0 Å².